The molecule has 4 rings (SSSR count). The van der Waals surface area contributed by atoms with Gasteiger partial charge in [-0.1, -0.05) is 12.1 Å². The van der Waals surface area contributed by atoms with Crippen LogP contribution in [0.5, 0.6) is 5.75 Å². The fraction of sp³-hybridized carbons (Fsp3) is 0.400. The Hall–Kier alpha value is -3.32. The van der Waals surface area contributed by atoms with Crippen molar-refractivity contribution in [2.45, 2.75) is 36.9 Å². The molecule has 1 fully saturated rings. The van der Waals surface area contributed by atoms with Crippen molar-refractivity contribution in [2.24, 2.45) is 5.73 Å². The van der Waals surface area contributed by atoms with Crippen LogP contribution in [-0.2, 0) is 16.0 Å². The molecule has 0 saturated carbocycles. The SMILES string of the molecule is COc1ccc(C[C@@H](N)C(=O)N[C@H]2[C@@H](O)[C@@H](n3cnc4c(N)ncnc43)O[C@H]2CO)cc1. The van der Waals surface area contributed by atoms with Crippen molar-refractivity contribution in [2.75, 3.05) is 19.5 Å². The molecule has 12 heteroatoms. The summed E-state index contributed by atoms with van der Waals surface area (Å²) in [6.07, 6.45) is -0.0265. The maximum Gasteiger partial charge on any atom is 0.237 e. The summed E-state index contributed by atoms with van der Waals surface area (Å²) in [4.78, 5) is 24.9. The maximum absolute atomic E-state index is 12.7. The maximum atomic E-state index is 12.7. The molecule has 2 aromatic heterocycles. The van der Waals surface area contributed by atoms with Gasteiger partial charge >= 0.3 is 0 Å². The molecule has 1 aromatic carbocycles. The number of anilines is 1. The Morgan fingerprint density at radius 1 is 1.31 bits per heavy atom. The number of carbonyl (C=O) groups is 1. The molecular weight excluding hydrogens is 418 g/mol. The number of rotatable bonds is 7. The standard InChI is InChI=1S/C20H25N7O5/c1-31-11-4-2-10(3-5-11)6-12(21)19(30)26-14-13(7-28)32-20(16(14)29)27-9-25-15-17(22)23-8-24-18(15)27/h2-5,8-9,12-14,16,20,28-29H,6-7,21H2,1H3,(H,26,30)(H2,22,23,24)/t12-,13+,14-,16-,20+/m1/s1. The third-order valence-corrected chi connectivity index (χ3v) is 5.48. The molecule has 12 nitrogen and oxygen atoms in total. The van der Waals surface area contributed by atoms with Gasteiger partial charge in [-0.3, -0.25) is 9.36 Å². The number of hydrogen-bond donors (Lipinski definition) is 5. The van der Waals surface area contributed by atoms with Gasteiger partial charge in [0.1, 0.15) is 29.8 Å². The molecule has 7 N–H and O–H groups in total. The first-order valence-electron chi connectivity index (χ1n) is 9.99. The van der Waals surface area contributed by atoms with Crippen molar-refractivity contribution in [3.05, 3.63) is 42.5 Å². The number of aliphatic hydroxyl groups excluding tert-OH is 2. The lowest BCUT2D eigenvalue weighted by Crippen LogP contribution is -2.53. The number of nitrogens with one attached hydrogen (secondary N) is 1. The van der Waals surface area contributed by atoms with E-state index in [2.05, 4.69) is 20.3 Å². The molecule has 0 bridgehead atoms. The molecule has 0 spiro atoms. The first-order valence-corrected chi connectivity index (χ1v) is 9.99. The molecule has 170 valence electrons. The highest BCUT2D eigenvalue weighted by Gasteiger charge is 2.46. The number of fused-ring (bicyclic) bond motifs is 1. The van der Waals surface area contributed by atoms with Crippen LogP contribution in [0.15, 0.2) is 36.9 Å². The summed E-state index contributed by atoms with van der Waals surface area (Å²) in [5.74, 6) is 0.415. The van der Waals surface area contributed by atoms with Crippen molar-refractivity contribution in [3.63, 3.8) is 0 Å². The van der Waals surface area contributed by atoms with Gasteiger partial charge in [-0.25, -0.2) is 15.0 Å². The van der Waals surface area contributed by atoms with E-state index in [9.17, 15) is 15.0 Å². The van der Waals surface area contributed by atoms with Gasteiger partial charge in [0.15, 0.2) is 17.7 Å². The van der Waals surface area contributed by atoms with Gasteiger partial charge in [-0.15, -0.1) is 0 Å². The van der Waals surface area contributed by atoms with Crippen molar-refractivity contribution < 1.29 is 24.5 Å². The second-order valence-corrected chi connectivity index (χ2v) is 7.51. The fourth-order valence-electron chi connectivity index (χ4n) is 3.74. The second kappa shape index (κ2) is 9.04. The van der Waals surface area contributed by atoms with E-state index < -0.39 is 43.0 Å². The lowest BCUT2D eigenvalue weighted by atomic mass is 10.0. The van der Waals surface area contributed by atoms with Gasteiger partial charge < -0.3 is 36.5 Å². The molecule has 3 heterocycles. The van der Waals surface area contributed by atoms with Crippen LogP contribution in [-0.4, -0.2) is 73.6 Å². The molecule has 1 saturated heterocycles. The Morgan fingerprint density at radius 2 is 2.06 bits per heavy atom. The molecule has 3 aromatic rings. The number of carbonyl (C=O) groups excluding carboxylic acids is 1. The van der Waals surface area contributed by atoms with Gasteiger partial charge in [-0.05, 0) is 24.1 Å². The Morgan fingerprint density at radius 3 is 2.75 bits per heavy atom. The van der Waals surface area contributed by atoms with Gasteiger partial charge in [0.05, 0.1) is 32.1 Å². The third-order valence-electron chi connectivity index (χ3n) is 5.48. The summed E-state index contributed by atoms with van der Waals surface area (Å²) in [6.45, 7) is -0.421. The number of imidazole rings is 1. The largest absolute Gasteiger partial charge is 0.497 e. The number of ether oxygens (including phenoxy) is 2. The van der Waals surface area contributed by atoms with Crippen LogP contribution < -0.4 is 21.5 Å². The minimum atomic E-state index is -1.20. The van der Waals surface area contributed by atoms with E-state index in [0.717, 1.165) is 5.56 Å². The molecule has 1 aliphatic heterocycles. The molecule has 0 aliphatic carbocycles. The molecular formula is C20H25N7O5. The van der Waals surface area contributed by atoms with Gasteiger partial charge in [0.2, 0.25) is 5.91 Å². The fourth-order valence-corrected chi connectivity index (χ4v) is 3.74. The third kappa shape index (κ3) is 4.08. The highest BCUT2D eigenvalue weighted by Crippen LogP contribution is 2.32. The van der Waals surface area contributed by atoms with E-state index in [1.54, 1.807) is 19.2 Å². The summed E-state index contributed by atoms with van der Waals surface area (Å²) in [7, 11) is 1.57. The summed E-state index contributed by atoms with van der Waals surface area (Å²) in [5, 5.41) is 23.4. The topological polar surface area (TPSA) is 184 Å². The van der Waals surface area contributed by atoms with Crippen LogP contribution in [0.1, 0.15) is 11.8 Å². The summed E-state index contributed by atoms with van der Waals surface area (Å²) in [6, 6.07) is 5.46. The van der Waals surface area contributed by atoms with E-state index in [-0.39, 0.29) is 12.2 Å². The van der Waals surface area contributed by atoms with Crippen molar-refractivity contribution >= 4 is 22.9 Å². The molecule has 1 amide bonds. The summed E-state index contributed by atoms with van der Waals surface area (Å²) < 4.78 is 12.4. The number of aromatic nitrogens is 4. The Labute approximate surface area is 183 Å². The molecule has 0 unspecified atom stereocenters. The minimum Gasteiger partial charge on any atom is -0.497 e. The number of nitrogens with zero attached hydrogens (tertiary/aromatic N) is 4. The quantitative estimate of drug-likeness (QED) is 0.295. The van der Waals surface area contributed by atoms with Crippen LogP contribution in [0.2, 0.25) is 0 Å². The van der Waals surface area contributed by atoms with Crippen LogP contribution >= 0.6 is 0 Å². The average molecular weight is 443 g/mol. The van der Waals surface area contributed by atoms with Crippen molar-refractivity contribution in [1.82, 2.24) is 24.8 Å². The van der Waals surface area contributed by atoms with Crippen LogP contribution in [0, 0.1) is 0 Å². The number of amides is 1. The van der Waals surface area contributed by atoms with Gasteiger partial charge in [0.25, 0.3) is 0 Å². The van der Waals surface area contributed by atoms with Crippen LogP contribution in [0.4, 0.5) is 5.82 Å². The van der Waals surface area contributed by atoms with Crippen molar-refractivity contribution in [3.8, 4) is 5.75 Å². The first-order chi connectivity index (χ1) is 15.4. The zero-order valence-electron chi connectivity index (χ0n) is 17.3. The van der Waals surface area contributed by atoms with Crippen LogP contribution in [0.25, 0.3) is 11.2 Å². The summed E-state index contributed by atoms with van der Waals surface area (Å²) >= 11 is 0. The van der Waals surface area contributed by atoms with Gasteiger partial charge in [-0.2, -0.15) is 0 Å². The van der Waals surface area contributed by atoms with E-state index in [1.807, 2.05) is 12.1 Å². The first kappa shape index (κ1) is 21.9. The Bertz CT molecular complexity index is 1090. The number of hydrogen-bond acceptors (Lipinski definition) is 10. The second-order valence-electron chi connectivity index (χ2n) is 7.51. The summed E-state index contributed by atoms with van der Waals surface area (Å²) in [5.41, 5.74) is 13.5. The number of nitrogens with two attached hydrogens (primary N) is 2. The van der Waals surface area contributed by atoms with E-state index in [4.69, 9.17) is 20.9 Å². The lowest BCUT2D eigenvalue weighted by Gasteiger charge is -2.23. The predicted molar refractivity (Wildman–Crippen MR) is 113 cm³/mol. The highest BCUT2D eigenvalue weighted by molar-refractivity contribution is 5.82. The van der Waals surface area contributed by atoms with E-state index >= 15 is 0 Å². The molecule has 32 heavy (non-hydrogen) atoms. The lowest BCUT2D eigenvalue weighted by molar-refractivity contribution is -0.124. The monoisotopic (exact) mass is 443 g/mol. The number of aliphatic hydroxyl groups is 2. The van der Waals surface area contributed by atoms with Crippen LogP contribution in [0.3, 0.4) is 0 Å². The smallest absolute Gasteiger partial charge is 0.237 e. The number of methoxy groups -OCH3 is 1. The van der Waals surface area contributed by atoms with Gasteiger partial charge in [0, 0.05) is 0 Å². The number of nitrogen functional groups attached to an aromatic ring is 1. The molecule has 1 aliphatic rings. The van der Waals surface area contributed by atoms with Crippen molar-refractivity contribution in [1.29, 1.82) is 0 Å². The Kier molecular flexibility index (Phi) is 6.19. The van der Waals surface area contributed by atoms with E-state index in [1.165, 1.54) is 17.2 Å². The number of benzene rings is 1. The molecule has 5 atom stereocenters. The van der Waals surface area contributed by atoms with E-state index in [0.29, 0.717) is 16.9 Å². The zero-order chi connectivity index (χ0) is 22.8. The highest BCUT2D eigenvalue weighted by atomic mass is 16.5. The molecule has 0 radical (unpaired) electrons. The Balaban J connectivity index is 1.47. The normalized spacial score (nSPS) is 23.9. The average Bonchev–Trinajstić information content (AvgIpc) is 3.36. The zero-order valence-corrected chi connectivity index (χ0v) is 17.3. The minimum absolute atomic E-state index is 0.189. The predicted octanol–water partition coefficient (Wildman–Crippen LogP) is -1.28.